The summed E-state index contributed by atoms with van der Waals surface area (Å²) >= 11 is 6.40. The second kappa shape index (κ2) is 9.74. The highest BCUT2D eigenvalue weighted by Gasteiger charge is 2.32. The molecule has 0 aliphatic heterocycles. The van der Waals surface area contributed by atoms with Crippen LogP contribution >= 0.6 is 11.6 Å². The van der Waals surface area contributed by atoms with Crippen LogP contribution in [0.4, 0.5) is 11.5 Å². The zero-order valence-corrected chi connectivity index (χ0v) is 21.9. The highest BCUT2D eigenvalue weighted by atomic mass is 35.5. The van der Waals surface area contributed by atoms with Crippen LogP contribution in [0.15, 0.2) is 59.9 Å². The van der Waals surface area contributed by atoms with Gasteiger partial charge in [-0.05, 0) is 69.7 Å². The number of aliphatic hydroxyl groups excluding tert-OH is 2. The van der Waals surface area contributed by atoms with Crippen molar-refractivity contribution in [3.05, 3.63) is 71.1 Å². The lowest BCUT2D eigenvalue weighted by molar-refractivity contribution is 0.0954. The highest BCUT2D eigenvalue weighted by Crippen LogP contribution is 2.33. The van der Waals surface area contributed by atoms with Crippen LogP contribution in [-0.2, 0) is 9.84 Å². The number of sulfone groups is 1. The average molecular weight is 527 g/mol. The minimum atomic E-state index is -3.47. The first kappa shape index (κ1) is 26.0. The summed E-state index contributed by atoms with van der Waals surface area (Å²) in [5.74, 6) is 0.567. The van der Waals surface area contributed by atoms with E-state index in [1.807, 2.05) is 18.2 Å². The zero-order valence-electron chi connectivity index (χ0n) is 20.3. The second-order valence-electron chi connectivity index (χ2n) is 9.47. The molecule has 3 N–H and O–H groups in total. The third-order valence-corrected chi connectivity index (χ3v) is 8.80. The fourth-order valence-corrected chi connectivity index (χ4v) is 5.43. The summed E-state index contributed by atoms with van der Waals surface area (Å²) in [6.07, 6.45) is 1.87. The molecule has 0 unspecified atom stereocenters. The van der Waals surface area contributed by atoms with Gasteiger partial charge in [-0.25, -0.2) is 18.4 Å². The van der Waals surface area contributed by atoms with E-state index in [2.05, 4.69) is 20.3 Å². The number of rotatable bonds is 6. The SMILES string of the molecule is Cc1cc(Nc2ncnc3cc(-c4ncc([C@H](O)CO)cc4Cl)ccc23)ccc1S(=O)(=O)C(C)(C)C. The van der Waals surface area contributed by atoms with Gasteiger partial charge < -0.3 is 15.5 Å². The van der Waals surface area contributed by atoms with Crippen LogP contribution in [0.5, 0.6) is 0 Å². The Balaban J connectivity index is 1.66. The van der Waals surface area contributed by atoms with E-state index in [0.717, 1.165) is 10.9 Å². The van der Waals surface area contributed by atoms with Crippen molar-refractivity contribution in [1.82, 2.24) is 15.0 Å². The number of benzene rings is 2. The average Bonchev–Trinajstić information content (AvgIpc) is 2.82. The Labute approximate surface area is 215 Å². The first-order chi connectivity index (χ1) is 16.9. The second-order valence-corrected chi connectivity index (χ2v) is 12.6. The number of nitrogens with one attached hydrogen (secondary N) is 1. The maximum Gasteiger partial charge on any atom is 0.183 e. The summed E-state index contributed by atoms with van der Waals surface area (Å²) < 4.78 is 24.9. The zero-order chi connectivity index (χ0) is 26.3. The number of fused-ring (bicyclic) bond motifs is 1. The summed E-state index contributed by atoms with van der Waals surface area (Å²) in [6.45, 7) is 6.41. The molecular weight excluding hydrogens is 500 g/mol. The molecule has 0 radical (unpaired) electrons. The predicted octanol–water partition coefficient (Wildman–Crippen LogP) is 5.00. The van der Waals surface area contributed by atoms with Gasteiger partial charge in [0.05, 0.1) is 32.5 Å². The van der Waals surface area contributed by atoms with Crippen LogP contribution in [-0.4, -0.2) is 44.9 Å². The first-order valence-electron chi connectivity index (χ1n) is 11.2. The van der Waals surface area contributed by atoms with Gasteiger partial charge >= 0.3 is 0 Å². The van der Waals surface area contributed by atoms with Crippen LogP contribution in [0.1, 0.15) is 38.0 Å². The molecule has 2 aromatic carbocycles. The fourth-order valence-electron chi connectivity index (χ4n) is 3.75. The van der Waals surface area contributed by atoms with Gasteiger partial charge in [0.1, 0.15) is 18.2 Å². The normalized spacial score (nSPS) is 13.1. The van der Waals surface area contributed by atoms with Crippen molar-refractivity contribution in [2.75, 3.05) is 11.9 Å². The van der Waals surface area contributed by atoms with Crippen molar-refractivity contribution < 1.29 is 18.6 Å². The molecule has 0 saturated carbocycles. The van der Waals surface area contributed by atoms with Crippen molar-refractivity contribution >= 4 is 43.8 Å². The first-order valence-corrected chi connectivity index (χ1v) is 13.1. The largest absolute Gasteiger partial charge is 0.393 e. The summed E-state index contributed by atoms with van der Waals surface area (Å²) in [5.41, 5.74) is 3.68. The smallest absolute Gasteiger partial charge is 0.183 e. The summed E-state index contributed by atoms with van der Waals surface area (Å²) in [5, 5.41) is 23.3. The van der Waals surface area contributed by atoms with E-state index >= 15 is 0 Å². The van der Waals surface area contributed by atoms with E-state index in [1.165, 1.54) is 12.5 Å². The molecule has 10 heteroatoms. The van der Waals surface area contributed by atoms with E-state index in [0.29, 0.717) is 43.8 Å². The Kier molecular flexibility index (Phi) is 7.03. The number of nitrogens with zero attached hydrogens (tertiary/aromatic N) is 3. The molecule has 4 aromatic rings. The van der Waals surface area contributed by atoms with E-state index in [9.17, 15) is 13.5 Å². The minimum absolute atomic E-state index is 0.305. The lowest BCUT2D eigenvalue weighted by Crippen LogP contribution is -2.28. The monoisotopic (exact) mass is 526 g/mol. The fraction of sp³-hybridized carbons (Fsp3) is 0.269. The number of hydrogen-bond acceptors (Lipinski definition) is 8. The Morgan fingerprint density at radius 3 is 2.44 bits per heavy atom. The van der Waals surface area contributed by atoms with Crippen molar-refractivity contribution in [3.8, 4) is 11.3 Å². The standard InChI is InChI=1S/C26H27ClN4O4S/c1-15-9-18(6-8-23(15)36(34,35)26(2,3)4)31-25-19-7-5-16(11-21(19)29-14-30-25)24-20(27)10-17(12-28-24)22(33)13-32/h5-12,14,22,32-33H,13H2,1-4H3,(H,29,30,31)/t22-/m1/s1. The number of pyridine rings is 1. The topological polar surface area (TPSA) is 125 Å². The molecule has 2 heterocycles. The minimum Gasteiger partial charge on any atom is -0.393 e. The van der Waals surface area contributed by atoms with Crippen molar-refractivity contribution in [3.63, 3.8) is 0 Å². The number of aliphatic hydroxyl groups is 2. The van der Waals surface area contributed by atoms with Crippen LogP contribution in [0.3, 0.4) is 0 Å². The summed E-state index contributed by atoms with van der Waals surface area (Å²) in [6, 6.07) is 12.2. The van der Waals surface area contributed by atoms with Crippen LogP contribution < -0.4 is 5.32 Å². The quantitative estimate of drug-likeness (QED) is 0.320. The molecule has 0 fully saturated rings. The van der Waals surface area contributed by atoms with E-state index in [4.69, 9.17) is 16.7 Å². The number of aryl methyl sites for hydroxylation is 1. The molecule has 0 aliphatic carbocycles. The van der Waals surface area contributed by atoms with E-state index < -0.39 is 27.3 Å². The van der Waals surface area contributed by atoms with Gasteiger partial charge in [0.15, 0.2) is 9.84 Å². The molecule has 8 nitrogen and oxygen atoms in total. The van der Waals surface area contributed by atoms with Gasteiger partial charge in [-0.3, -0.25) is 4.98 Å². The molecule has 1 atom stereocenters. The van der Waals surface area contributed by atoms with Crippen LogP contribution in [0.25, 0.3) is 22.2 Å². The Morgan fingerprint density at radius 2 is 1.81 bits per heavy atom. The molecule has 36 heavy (non-hydrogen) atoms. The lowest BCUT2D eigenvalue weighted by atomic mass is 10.1. The highest BCUT2D eigenvalue weighted by molar-refractivity contribution is 7.92. The molecule has 0 saturated heterocycles. The van der Waals surface area contributed by atoms with E-state index in [-0.39, 0.29) is 0 Å². The van der Waals surface area contributed by atoms with Gasteiger partial charge in [-0.1, -0.05) is 17.7 Å². The molecule has 0 amide bonds. The summed E-state index contributed by atoms with van der Waals surface area (Å²) in [4.78, 5) is 13.4. The number of halogens is 1. The Morgan fingerprint density at radius 1 is 1.06 bits per heavy atom. The lowest BCUT2D eigenvalue weighted by Gasteiger charge is -2.21. The Hall–Kier alpha value is -3.11. The predicted molar refractivity (Wildman–Crippen MR) is 141 cm³/mol. The van der Waals surface area contributed by atoms with Gasteiger partial charge in [-0.2, -0.15) is 0 Å². The van der Waals surface area contributed by atoms with Gasteiger partial charge in [0.2, 0.25) is 0 Å². The summed E-state index contributed by atoms with van der Waals surface area (Å²) in [7, 11) is -3.47. The van der Waals surface area contributed by atoms with Crippen molar-refractivity contribution in [1.29, 1.82) is 0 Å². The molecule has 0 aliphatic rings. The number of aromatic nitrogens is 3. The number of anilines is 2. The van der Waals surface area contributed by atoms with Gasteiger partial charge in [-0.15, -0.1) is 0 Å². The van der Waals surface area contributed by atoms with Crippen molar-refractivity contribution in [2.24, 2.45) is 0 Å². The third kappa shape index (κ3) is 4.92. The maximum atomic E-state index is 12.9. The van der Waals surface area contributed by atoms with Gasteiger partial charge in [0.25, 0.3) is 0 Å². The third-order valence-electron chi connectivity index (χ3n) is 5.86. The van der Waals surface area contributed by atoms with E-state index in [1.54, 1.807) is 52.0 Å². The molecule has 4 rings (SSSR count). The van der Waals surface area contributed by atoms with Gasteiger partial charge in [0, 0.05) is 28.4 Å². The maximum absolute atomic E-state index is 12.9. The van der Waals surface area contributed by atoms with Crippen molar-refractivity contribution in [2.45, 2.75) is 43.4 Å². The Bertz CT molecular complexity index is 1550. The number of hydrogen-bond donors (Lipinski definition) is 3. The molecule has 2 aromatic heterocycles. The molecular formula is C26H27ClN4O4S. The molecule has 0 spiro atoms. The molecule has 188 valence electrons. The van der Waals surface area contributed by atoms with Crippen LogP contribution in [0.2, 0.25) is 5.02 Å². The van der Waals surface area contributed by atoms with Crippen LogP contribution in [0, 0.1) is 6.92 Å². The molecule has 0 bridgehead atoms.